The molecule has 0 fully saturated rings. The first-order valence-corrected chi connectivity index (χ1v) is 8.23. The van der Waals surface area contributed by atoms with Gasteiger partial charge in [-0.2, -0.15) is 0 Å². The largest absolute Gasteiger partial charge is 0.491 e. The van der Waals surface area contributed by atoms with Gasteiger partial charge in [-0.05, 0) is 18.6 Å². The smallest absolute Gasteiger partial charge is 0.142 e. The molecule has 1 N–H and O–H groups in total. The Morgan fingerprint density at radius 3 is 2.67 bits per heavy atom. The third-order valence-electron chi connectivity index (χ3n) is 3.00. The molecule has 2 aromatic rings. The van der Waals surface area contributed by atoms with Crippen molar-refractivity contribution in [1.29, 1.82) is 0 Å². The molecule has 0 radical (unpaired) electrons. The van der Waals surface area contributed by atoms with Crippen LogP contribution in [0.3, 0.4) is 0 Å². The molecule has 3 nitrogen and oxygen atoms in total. The van der Waals surface area contributed by atoms with Crippen LogP contribution in [0.2, 0.25) is 0 Å². The van der Waals surface area contributed by atoms with E-state index in [2.05, 4.69) is 44.1 Å². The number of benzene rings is 1. The van der Waals surface area contributed by atoms with E-state index in [1.165, 1.54) is 9.88 Å². The zero-order valence-electron chi connectivity index (χ0n) is 13.3. The molecule has 1 heterocycles. The van der Waals surface area contributed by atoms with Crippen LogP contribution < -0.4 is 10.1 Å². The molecule has 0 spiro atoms. The van der Waals surface area contributed by atoms with Gasteiger partial charge in [0.25, 0.3) is 0 Å². The van der Waals surface area contributed by atoms with Gasteiger partial charge < -0.3 is 10.1 Å². The predicted octanol–water partition coefficient (Wildman–Crippen LogP) is 4.84. The van der Waals surface area contributed by atoms with Gasteiger partial charge in [-0.1, -0.05) is 39.8 Å². The maximum Gasteiger partial charge on any atom is 0.142 e. The number of hydrogen-bond acceptors (Lipinski definition) is 4. The minimum atomic E-state index is 0.116. The van der Waals surface area contributed by atoms with Crippen molar-refractivity contribution in [1.82, 2.24) is 4.98 Å². The number of para-hydroxylation sites is 2. The molecule has 114 valence electrons. The summed E-state index contributed by atoms with van der Waals surface area (Å²) in [4.78, 5) is 5.76. The fourth-order valence-electron chi connectivity index (χ4n) is 1.87. The Hall–Kier alpha value is -1.55. The van der Waals surface area contributed by atoms with Crippen LogP contribution in [0.4, 0.5) is 5.69 Å². The number of anilines is 1. The molecule has 0 atom stereocenters. The Labute approximate surface area is 131 Å². The Balaban J connectivity index is 2.01. The molecule has 0 aliphatic carbocycles. The van der Waals surface area contributed by atoms with Gasteiger partial charge in [0.1, 0.15) is 5.75 Å². The quantitative estimate of drug-likeness (QED) is 0.829. The molecule has 1 aromatic heterocycles. The molecule has 21 heavy (non-hydrogen) atoms. The van der Waals surface area contributed by atoms with Crippen molar-refractivity contribution < 1.29 is 4.74 Å². The summed E-state index contributed by atoms with van der Waals surface area (Å²) < 4.78 is 5.76. The van der Waals surface area contributed by atoms with Gasteiger partial charge in [0.2, 0.25) is 0 Å². The van der Waals surface area contributed by atoms with Crippen molar-refractivity contribution in [2.24, 2.45) is 0 Å². The summed E-state index contributed by atoms with van der Waals surface area (Å²) in [5.41, 5.74) is 1.15. The number of aromatic nitrogens is 1. The third kappa shape index (κ3) is 4.46. The van der Waals surface area contributed by atoms with E-state index in [1.54, 1.807) is 11.3 Å². The lowest BCUT2D eigenvalue weighted by Gasteiger charge is -2.14. The minimum Gasteiger partial charge on any atom is -0.491 e. The second kappa shape index (κ2) is 6.94. The summed E-state index contributed by atoms with van der Waals surface area (Å²) in [5.74, 6) is 0.917. The monoisotopic (exact) mass is 304 g/mol. The molecule has 0 saturated heterocycles. The highest BCUT2D eigenvalue weighted by molar-refractivity contribution is 7.11. The molecule has 2 rings (SSSR count). The van der Waals surface area contributed by atoms with Gasteiger partial charge in [0.05, 0.1) is 23.8 Å². The van der Waals surface area contributed by atoms with Gasteiger partial charge in [-0.15, -0.1) is 11.3 Å². The molecular weight excluding hydrogens is 280 g/mol. The van der Waals surface area contributed by atoms with Crippen LogP contribution in [0.15, 0.2) is 30.5 Å². The van der Waals surface area contributed by atoms with Crippen LogP contribution in [0.25, 0.3) is 0 Å². The number of rotatable bonds is 6. The van der Waals surface area contributed by atoms with Crippen molar-refractivity contribution in [2.45, 2.75) is 46.1 Å². The lowest BCUT2D eigenvalue weighted by atomic mass is 9.98. The molecule has 0 amide bonds. The number of hydrogen-bond donors (Lipinski definition) is 1. The van der Waals surface area contributed by atoms with Crippen molar-refractivity contribution in [2.75, 3.05) is 11.9 Å². The zero-order valence-corrected chi connectivity index (χ0v) is 14.1. The first kappa shape index (κ1) is 15.8. The van der Waals surface area contributed by atoms with E-state index in [0.717, 1.165) is 31.0 Å². The number of nitrogens with zero attached hydrogens (tertiary/aromatic N) is 1. The second-order valence-corrected chi connectivity index (χ2v) is 7.20. The number of thiazole rings is 1. The molecule has 0 saturated carbocycles. The van der Waals surface area contributed by atoms with Gasteiger partial charge in [0, 0.05) is 16.5 Å². The summed E-state index contributed by atoms with van der Waals surface area (Å²) >= 11 is 1.77. The summed E-state index contributed by atoms with van der Waals surface area (Å²) in [6.45, 7) is 10.2. The Bertz CT molecular complexity index is 572. The first-order chi connectivity index (χ1) is 10.0. The van der Waals surface area contributed by atoms with E-state index < -0.39 is 0 Å². The van der Waals surface area contributed by atoms with Gasteiger partial charge >= 0.3 is 0 Å². The highest BCUT2D eigenvalue weighted by Crippen LogP contribution is 2.28. The second-order valence-electron chi connectivity index (χ2n) is 6.08. The van der Waals surface area contributed by atoms with Gasteiger partial charge in [0.15, 0.2) is 0 Å². The molecule has 0 aliphatic heterocycles. The van der Waals surface area contributed by atoms with Crippen molar-refractivity contribution in [3.05, 3.63) is 40.3 Å². The lowest BCUT2D eigenvalue weighted by molar-refractivity contribution is 0.319. The highest BCUT2D eigenvalue weighted by Gasteiger charge is 2.17. The lowest BCUT2D eigenvalue weighted by Crippen LogP contribution is -2.09. The Morgan fingerprint density at radius 1 is 1.24 bits per heavy atom. The molecule has 0 bridgehead atoms. The van der Waals surface area contributed by atoms with E-state index >= 15 is 0 Å². The molecule has 1 aromatic carbocycles. The molecule has 4 heteroatoms. The van der Waals surface area contributed by atoms with E-state index in [1.807, 2.05) is 24.4 Å². The van der Waals surface area contributed by atoms with Crippen LogP contribution in [0.5, 0.6) is 5.75 Å². The maximum atomic E-state index is 5.76. The van der Waals surface area contributed by atoms with Gasteiger partial charge in [-0.25, -0.2) is 4.98 Å². The first-order valence-electron chi connectivity index (χ1n) is 7.41. The Morgan fingerprint density at radius 2 is 2.00 bits per heavy atom. The van der Waals surface area contributed by atoms with E-state index in [-0.39, 0.29) is 5.41 Å². The van der Waals surface area contributed by atoms with Crippen LogP contribution in [-0.2, 0) is 12.0 Å². The van der Waals surface area contributed by atoms with Gasteiger partial charge in [-0.3, -0.25) is 0 Å². The number of ether oxygens (including phenoxy) is 1. The summed E-state index contributed by atoms with van der Waals surface area (Å²) in [7, 11) is 0. The highest BCUT2D eigenvalue weighted by atomic mass is 32.1. The fourth-order valence-corrected chi connectivity index (χ4v) is 2.78. The Kier molecular flexibility index (Phi) is 5.23. The predicted molar refractivity (Wildman–Crippen MR) is 90.4 cm³/mol. The average molecular weight is 304 g/mol. The standard InChI is InChI=1S/C17H24N2OS/c1-5-10-20-15-9-7-6-8-14(15)18-11-13-12-19-16(21-13)17(2,3)4/h6-9,12,18H,5,10-11H2,1-4H3. The summed E-state index contributed by atoms with van der Waals surface area (Å²) in [5, 5.41) is 4.62. The average Bonchev–Trinajstić information content (AvgIpc) is 2.92. The topological polar surface area (TPSA) is 34.1 Å². The minimum absolute atomic E-state index is 0.116. The van der Waals surface area contributed by atoms with E-state index in [9.17, 15) is 0 Å². The zero-order chi connectivity index (χ0) is 15.3. The van der Waals surface area contributed by atoms with Crippen molar-refractivity contribution in [3.63, 3.8) is 0 Å². The van der Waals surface area contributed by atoms with Crippen LogP contribution in [0.1, 0.15) is 44.0 Å². The summed E-state index contributed by atoms with van der Waals surface area (Å²) in [6.07, 6.45) is 2.98. The summed E-state index contributed by atoms with van der Waals surface area (Å²) in [6, 6.07) is 8.08. The third-order valence-corrected chi connectivity index (χ3v) is 4.42. The van der Waals surface area contributed by atoms with E-state index in [0.29, 0.717) is 0 Å². The maximum absolute atomic E-state index is 5.76. The normalized spacial score (nSPS) is 11.4. The van der Waals surface area contributed by atoms with Crippen LogP contribution >= 0.6 is 11.3 Å². The molecular formula is C17H24N2OS. The molecule has 0 unspecified atom stereocenters. The van der Waals surface area contributed by atoms with E-state index in [4.69, 9.17) is 4.74 Å². The molecule has 0 aliphatic rings. The number of nitrogens with one attached hydrogen (secondary N) is 1. The van der Waals surface area contributed by atoms with Crippen molar-refractivity contribution in [3.8, 4) is 5.75 Å². The van der Waals surface area contributed by atoms with Crippen LogP contribution in [0, 0.1) is 0 Å². The fraction of sp³-hybridized carbons (Fsp3) is 0.471. The van der Waals surface area contributed by atoms with Crippen molar-refractivity contribution >= 4 is 17.0 Å². The SMILES string of the molecule is CCCOc1ccccc1NCc1cnc(C(C)(C)C)s1. The van der Waals surface area contributed by atoms with Crippen LogP contribution in [-0.4, -0.2) is 11.6 Å².